The molecule has 0 radical (unpaired) electrons. The maximum absolute atomic E-state index is 13.9. The van der Waals surface area contributed by atoms with Gasteiger partial charge in [-0.05, 0) is 55.5 Å². The molecule has 4 N–H and O–H groups in total. The van der Waals surface area contributed by atoms with E-state index < -0.39 is 29.0 Å². The SMILES string of the molecule is Cc1cnc(Nc2ccc(C(=O)Nc3ccccc3)c(C(F)(F)F)c2)nc1Nc1ccc2oc(=O)[nH]c2c1. The van der Waals surface area contributed by atoms with E-state index in [1.54, 1.807) is 55.5 Å². The Hall–Kier alpha value is -5.13. The summed E-state index contributed by atoms with van der Waals surface area (Å²) in [6.45, 7) is 1.76. The molecular weight excluding hydrogens is 501 g/mol. The molecule has 0 bridgehead atoms. The summed E-state index contributed by atoms with van der Waals surface area (Å²) in [5, 5.41) is 8.33. The zero-order valence-corrected chi connectivity index (χ0v) is 19.7. The van der Waals surface area contributed by atoms with Gasteiger partial charge in [-0.25, -0.2) is 9.78 Å². The first kappa shape index (κ1) is 24.6. The molecule has 0 unspecified atom stereocenters. The lowest BCUT2D eigenvalue weighted by Gasteiger charge is -2.16. The third kappa shape index (κ3) is 5.33. The number of carbonyl (C=O) groups excluding carboxylic acids is 1. The minimum Gasteiger partial charge on any atom is -0.408 e. The number of oxazole rings is 1. The first-order chi connectivity index (χ1) is 18.2. The summed E-state index contributed by atoms with van der Waals surface area (Å²) < 4.78 is 46.6. The number of alkyl halides is 3. The van der Waals surface area contributed by atoms with Crippen LogP contribution in [0.1, 0.15) is 21.5 Å². The van der Waals surface area contributed by atoms with Crippen molar-refractivity contribution in [3.8, 4) is 0 Å². The van der Waals surface area contributed by atoms with Crippen LogP contribution < -0.4 is 21.7 Å². The molecule has 0 saturated carbocycles. The molecule has 5 aromatic rings. The van der Waals surface area contributed by atoms with Crippen LogP contribution in [0.2, 0.25) is 0 Å². The van der Waals surface area contributed by atoms with E-state index in [4.69, 9.17) is 4.42 Å². The lowest BCUT2D eigenvalue weighted by molar-refractivity contribution is -0.137. The van der Waals surface area contributed by atoms with Crippen LogP contribution in [-0.2, 0) is 6.18 Å². The van der Waals surface area contributed by atoms with E-state index >= 15 is 0 Å². The van der Waals surface area contributed by atoms with Crippen LogP contribution in [-0.4, -0.2) is 20.9 Å². The highest BCUT2D eigenvalue weighted by Crippen LogP contribution is 2.35. The number of nitrogens with zero attached hydrogens (tertiary/aromatic N) is 2. The van der Waals surface area contributed by atoms with Gasteiger partial charge >= 0.3 is 11.9 Å². The number of aromatic amines is 1. The number of aryl methyl sites for hydroxylation is 1. The predicted octanol–water partition coefficient (Wildman–Crippen LogP) is 5.98. The van der Waals surface area contributed by atoms with Crippen LogP contribution in [0.4, 0.5) is 42.0 Å². The number of benzene rings is 3. The van der Waals surface area contributed by atoms with Gasteiger partial charge in [-0.15, -0.1) is 0 Å². The topological polar surface area (TPSA) is 125 Å². The maximum atomic E-state index is 13.9. The number of anilines is 5. The average molecular weight is 520 g/mol. The standard InChI is InChI=1S/C26H19F3N6O3/c1-14-13-30-24(35-22(14)31-17-8-10-21-20(12-17)34-25(37)38-21)33-16-7-9-18(19(11-16)26(27,28)29)23(36)32-15-5-3-2-4-6-15/h2-13H,1H3,(H,32,36)(H,34,37)(H2,30,31,33,35). The van der Waals surface area contributed by atoms with Crippen LogP contribution >= 0.6 is 0 Å². The second-order valence-corrected chi connectivity index (χ2v) is 8.28. The lowest BCUT2D eigenvalue weighted by atomic mass is 10.0. The van der Waals surface area contributed by atoms with Gasteiger partial charge in [-0.3, -0.25) is 9.78 Å². The van der Waals surface area contributed by atoms with Gasteiger partial charge in [-0.2, -0.15) is 18.2 Å². The van der Waals surface area contributed by atoms with Crippen molar-refractivity contribution < 1.29 is 22.4 Å². The molecule has 12 heteroatoms. The van der Waals surface area contributed by atoms with E-state index in [9.17, 15) is 22.8 Å². The van der Waals surface area contributed by atoms with Gasteiger partial charge in [-0.1, -0.05) is 18.2 Å². The van der Waals surface area contributed by atoms with Crippen LogP contribution in [0.25, 0.3) is 11.1 Å². The Morgan fingerprint density at radius 1 is 0.947 bits per heavy atom. The molecule has 0 aliphatic rings. The van der Waals surface area contributed by atoms with E-state index in [0.29, 0.717) is 33.9 Å². The summed E-state index contributed by atoms with van der Waals surface area (Å²) in [4.78, 5) is 35.1. The van der Waals surface area contributed by atoms with Crippen molar-refractivity contribution in [2.45, 2.75) is 13.1 Å². The third-order valence-electron chi connectivity index (χ3n) is 5.51. The molecular formula is C26H19F3N6O3. The summed E-state index contributed by atoms with van der Waals surface area (Å²) >= 11 is 0. The Labute approximate surface area is 212 Å². The molecule has 3 aromatic carbocycles. The van der Waals surface area contributed by atoms with Crippen molar-refractivity contribution in [1.29, 1.82) is 0 Å². The van der Waals surface area contributed by atoms with Gasteiger partial charge in [0.15, 0.2) is 5.58 Å². The molecule has 38 heavy (non-hydrogen) atoms. The molecule has 0 spiro atoms. The summed E-state index contributed by atoms with van der Waals surface area (Å²) in [7, 11) is 0. The Morgan fingerprint density at radius 2 is 1.68 bits per heavy atom. The minimum atomic E-state index is -4.78. The lowest BCUT2D eigenvalue weighted by Crippen LogP contribution is -2.19. The molecule has 0 aliphatic carbocycles. The number of aromatic nitrogens is 3. The number of hydrogen-bond donors (Lipinski definition) is 4. The number of halogens is 3. The average Bonchev–Trinajstić information content (AvgIpc) is 3.25. The number of carbonyl (C=O) groups is 1. The number of fused-ring (bicyclic) bond motifs is 1. The van der Waals surface area contributed by atoms with Crippen LogP contribution in [0.5, 0.6) is 0 Å². The number of hydrogen-bond acceptors (Lipinski definition) is 7. The minimum absolute atomic E-state index is 0.0329. The zero-order chi connectivity index (χ0) is 26.9. The molecule has 5 rings (SSSR count). The molecule has 2 heterocycles. The van der Waals surface area contributed by atoms with Crippen molar-refractivity contribution >= 4 is 45.8 Å². The number of amides is 1. The smallest absolute Gasteiger partial charge is 0.408 e. The van der Waals surface area contributed by atoms with Gasteiger partial charge in [0.1, 0.15) is 5.82 Å². The first-order valence-electron chi connectivity index (χ1n) is 11.2. The summed E-state index contributed by atoms with van der Waals surface area (Å²) in [6.07, 6.45) is -3.28. The van der Waals surface area contributed by atoms with Crippen molar-refractivity contribution in [2.75, 3.05) is 16.0 Å². The zero-order valence-electron chi connectivity index (χ0n) is 19.7. The Bertz CT molecular complexity index is 1700. The fourth-order valence-corrected chi connectivity index (χ4v) is 3.70. The molecule has 0 atom stereocenters. The van der Waals surface area contributed by atoms with Crippen molar-refractivity contribution in [3.05, 3.63) is 100 Å². The summed E-state index contributed by atoms with van der Waals surface area (Å²) in [6, 6.07) is 16.4. The Balaban J connectivity index is 1.39. The third-order valence-corrected chi connectivity index (χ3v) is 5.51. The van der Waals surface area contributed by atoms with Crippen molar-refractivity contribution in [3.63, 3.8) is 0 Å². The predicted molar refractivity (Wildman–Crippen MR) is 136 cm³/mol. The molecule has 1 amide bonds. The Morgan fingerprint density at radius 3 is 2.45 bits per heavy atom. The van der Waals surface area contributed by atoms with E-state index in [1.165, 1.54) is 12.3 Å². The van der Waals surface area contributed by atoms with Gasteiger partial charge in [0, 0.05) is 28.8 Å². The largest absolute Gasteiger partial charge is 0.417 e. The van der Waals surface area contributed by atoms with Crippen LogP contribution in [0.3, 0.4) is 0 Å². The van der Waals surface area contributed by atoms with Gasteiger partial charge in [0.25, 0.3) is 5.91 Å². The van der Waals surface area contributed by atoms with Crippen molar-refractivity contribution in [2.24, 2.45) is 0 Å². The number of nitrogens with one attached hydrogen (secondary N) is 4. The molecule has 0 saturated heterocycles. The van der Waals surface area contributed by atoms with Gasteiger partial charge < -0.3 is 20.4 Å². The normalized spacial score (nSPS) is 11.4. The number of para-hydroxylation sites is 1. The van der Waals surface area contributed by atoms with Crippen LogP contribution in [0, 0.1) is 6.92 Å². The van der Waals surface area contributed by atoms with Crippen molar-refractivity contribution in [1.82, 2.24) is 15.0 Å². The van der Waals surface area contributed by atoms with E-state index in [2.05, 4.69) is 30.9 Å². The molecule has 0 aliphatic heterocycles. The Kier molecular flexibility index (Phi) is 6.29. The quantitative estimate of drug-likeness (QED) is 0.217. The fourth-order valence-electron chi connectivity index (χ4n) is 3.70. The van der Waals surface area contributed by atoms with E-state index in [1.807, 2.05) is 0 Å². The first-order valence-corrected chi connectivity index (χ1v) is 11.2. The molecule has 9 nitrogen and oxygen atoms in total. The highest BCUT2D eigenvalue weighted by molar-refractivity contribution is 6.05. The second kappa shape index (κ2) is 9.73. The maximum Gasteiger partial charge on any atom is 0.417 e. The highest BCUT2D eigenvalue weighted by Gasteiger charge is 2.35. The van der Waals surface area contributed by atoms with Gasteiger partial charge in [0.2, 0.25) is 5.95 Å². The fraction of sp³-hybridized carbons (Fsp3) is 0.0769. The summed E-state index contributed by atoms with van der Waals surface area (Å²) in [5.41, 5.74) is 0.927. The monoisotopic (exact) mass is 520 g/mol. The molecule has 2 aromatic heterocycles. The van der Waals surface area contributed by atoms with E-state index in [-0.39, 0.29) is 11.6 Å². The van der Waals surface area contributed by atoms with Gasteiger partial charge in [0.05, 0.1) is 16.6 Å². The van der Waals surface area contributed by atoms with E-state index in [0.717, 1.165) is 12.1 Å². The molecule has 192 valence electrons. The number of rotatable bonds is 6. The highest BCUT2D eigenvalue weighted by atomic mass is 19.4. The molecule has 0 fully saturated rings. The summed E-state index contributed by atoms with van der Waals surface area (Å²) in [5.74, 6) is -1.04. The van der Waals surface area contributed by atoms with Crippen LogP contribution in [0.15, 0.2) is 82.1 Å². The second-order valence-electron chi connectivity index (χ2n) is 8.28. The number of H-pyrrole nitrogens is 1.